The largest absolute Gasteiger partial charge is 0.337 e. The minimum Gasteiger partial charge on any atom is -0.337 e. The predicted octanol–water partition coefficient (Wildman–Crippen LogP) is 0.120. The van der Waals surface area contributed by atoms with Crippen LogP contribution < -0.4 is 5.32 Å². The summed E-state index contributed by atoms with van der Waals surface area (Å²) in [7, 11) is 0. The number of hydrogen-bond donors (Lipinski definition) is 1. The molecule has 2 saturated heterocycles. The van der Waals surface area contributed by atoms with Gasteiger partial charge in [-0.2, -0.15) is 0 Å². The van der Waals surface area contributed by atoms with Gasteiger partial charge >= 0.3 is 0 Å². The Kier molecular flexibility index (Phi) is 6.02. The molecular weight excluding hydrogens is 370 g/mol. The van der Waals surface area contributed by atoms with E-state index in [9.17, 15) is 9.59 Å². The van der Waals surface area contributed by atoms with Gasteiger partial charge in [-0.15, -0.1) is 17.5 Å². The van der Waals surface area contributed by atoms with Gasteiger partial charge in [0.25, 0.3) is 5.91 Å². The van der Waals surface area contributed by atoms with Crippen LogP contribution in [0, 0.1) is 0 Å². The summed E-state index contributed by atoms with van der Waals surface area (Å²) >= 11 is 0. The van der Waals surface area contributed by atoms with Crippen LogP contribution >= 0.6 is 12.4 Å². The number of likely N-dealkylation sites (tertiary alicyclic amines) is 1. The summed E-state index contributed by atoms with van der Waals surface area (Å²) in [6.45, 7) is 3.20. The van der Waals surface area contributed by atoms with Gasteiger partial charge in [-0.3, -0.25) is 9.59 Å². The first-order chi connectivity index (χ1) is 12.7. The topological polar surface area (TPSA) is 96.2 Å². The third kappa shape index (κ3) is 4.09. The number of carbonyl (C=O) groups excluding carboxylic acids is 2. The Hall–Kier alpha value is -2.52. The van der Waals surface area contributed by atoms with Crippen molar-refractivity contribution < 1.29 is 9.59 Å². The molecule has 27 heavy (non-hydrogen) atoms. The normalized spacial score (nSPS) is 20.3. The van der Waals surface area contributed by atoms with Crippen LogP contribution in [0.5, 0.6) is 0 Å². The van der Waals surface area contributed by atoms with E-state index in [4.69, 9.17) is 0 Å². The highest BCUT2D eigenvalue weighted by Crippen LogP contribution is 2.20. The molecule has 2 fully saturated rings. The van der Waals surface area contributed by atoms with Crippen molar-refractivity contribution in [2.75, 3.05) is 32.7 Å². The molecule has 1 unspecified atom stereocenters. The standard InChI is InChI=1S/C17H21N7O2.ClH/c25-16-10-18-6-8-23(16)15-5-2-7-22(11-15)17(26)13-3-1-4-14(9-13)24-12-19-20-21-24;/h1,3-4,9,12,15,18H,2,5-8,10-11H2;1H. The summed E-state index contributed by atoms with van der Waals surface area (Å²) in [6, 6.07) is 7.37. The second kappa shape index (κ2) is 8.45. The van der Waals surface area contributed by atoms with E-state index in [0.29, 0.717) is 31.7 Å². The van der Waals surface area contributed by atoms with E-state index >= 15 is 0 Å². The lowest BCUT2D eigenvalue weighted by atomic mass is 10.0. The smallest absolute Gasteiger partial charge is 0.254 e. The van der Waals surface area contributed by atoms with Gasteiger partial charge in [0.15, 0.2) is 0 Å². The van der Waals surface area contributed by atoms with E-state index in [1.54, 1.807) is 12.1 Å². The molecule has 0 bridgehead atoms. The first-order valence-electron chi connectivity index (χ1n) is 8.85. The number of hydrogen-bond acceptors (Lipinski definition) is 6. The van der Waals surface area contributed by atoms with Gasteiger partial charge < -0.3 is 15.1 Å². The molecule has 2 aliphatic rings. The highest BCUT2D eigenvalue weighted by molar-refractivity contribution is 5.95. The molecule has 1 aromatic heterocycles. The Morgan fingerprint density at radius 2 is 2.15 bits per heavy atom. The number of piperazine rings is 1. The quantitative estimate of drug-likeness (QED) is 0.798. The van der Waals surface area contributed by atoms with Crippen LogP contribution in [0.15, 0.2) is 30.6 Å². The minimum absolute atomic E-state index is 0. The van der Waals surface area contributed by atoms with Gasteiger partial charge in [0.1, 0.15) is 6.33 Å². The van der Waals surface area contributed by atoms with Crippen LogP contribution in [0.3, 0.4) is 0 Å². The Labute approximate surface area is 163 Å². The van der Waals surface area contributed by atoms with E-state index in [0.717, 1.165) is 25.1 Å². The van der Waals surface area contributed by atoms with E-state index in [1.165, 1.54) is 11.0 Å². The van der Waals surface area contributed by atoms with E-state index in [2.05, 4.69) is 20.8 Å². The fraction of sp³-hybridized carbons (Fsp3) is 0.471. The van der Waals surface area contributed by atoms with Crippen molar-refractivity contribution in [1.82, 2.24) is 35.3 Å². The number of piperidine rings is 1. The average molecular weight is 392 g/mol. The summed E-state index contributed by atoms with van der Waals surface area (Å²) < 4.78 is 1.52. The fourth-order valence-electron chi connectivity index (χ4n) is 3.64. The first kappa shape index (κ1) is 19.2. The van der Waals surface area contributed by atoms with Crippen LogP contribution in [-0.4, -0.2) is 80.6 Å². The third-order valence-electron chi connectivity index (χ3n) is 4.96. The van der Waals surface area contributed by atoms with Crippen molar-refractivity contribution >= 4 is 24.2 Å². The molecule has 10 heteroatoms. The first-order valence-corrected chi connectivity index (χ1v) is 8.85. The molecule has 4 rings (SSSR count). The van der Waals surface area contributed by atoms with Crippen LogP contribution in [-0.2, 0) is 4.79 Å². The zero-order chi connectivity index (χ0) is 17.9. The lowest BCUT2D eigenvalue weighted by Gasteiger charge is -2.41. The molecule has 0 saturated carbocycles. The highest BCUT2D eigenvalue weighted by atomic mass is 35.5. The van der Waals surface area contributed by atoms with Crippen LogP contribution in [0.2, 0.25) is 0 Å². The maximum absolute atomic E-state index is 13.0. The van der Waals surface area contributed by atoms with Crippen LogP contribution in [0.4, 0.5) is 0 Å². The summed E-state index contributed by atoms with van der Waals surface area (Å²) in [5.41, 5.74) is 1.34. The molecule has 0 aliphatic carbocycles. The summed E-state index contributed by atoms with van der Waals surface area (Å²) in [4.78, 5) is 28.9. The lowest BCUT2D eigenvalue weighted by Crippen LogP contribution is -2.57. The zero-order valence-corrected chi connectivity index (χ0v) is 15.6. The molecular formula is C17H22ClN7O2. The molecule has 2 amide bonds. The molecule has 9 nitrogen and oxygen atoms in total. The summed E-state index contributed by atoms with van der Waals surface area (Å²) in [6.07, 6.45) is 3.34. The molecule has 1 aromatic carbocycles. The highest BCUT2D eigenvalue weighted by Gasteiger charge is 2.31. The number of aromatic nitrogens is 4. The van der Waals surface area contributed by atoms with Crippen LogP contribution in [0.25, 0.3) is 5.69 Å². The minimum atomic E-state index is -0.0211. The maximum Gasteiger partial charge on any atom is 0.254 e. The number of nitrogens with zero attached hydrogens (tertiary/aromatic N) is 6. The van der Waals surface area contributed by atoms with Crippen molar-refractivity contribution in [3.63, 3.8) is 0 Å². The number of benzene rings is 1. The number of amides is 2. The molecule has 1 atom stereocenters. The number of rotatable bonds is 3. The molecule has 0 spiro atoms. The summed E-state index contributed by atoms with van der Waals surface area (Å²) in [5.74, 6) is 0.100. The van der Waals surface area contributed by atoms with E-state index in [1.807, 2.05) is 21.9 Å². The van der Waals surface area contributed by atoms with Gasteiger partial charge in [0.05, 0.1) is 12.2 Å². The monoisotopic (exact) mass is 391 g/mol. The van der Waals surface area contributed by atoms with Crippen molar-refractivity contribution in [3.05, 3.63) is 36.2 Å². The van der Waals surface area contributed by atoms with Crippen molar-refractivity contribution in [2.24, 2.45) is 0 Å². The van der Waals surface area contributed by atoms with E-state index < -0.39 is 0 Å². The second-order valence-electron chi connectivity index (χ2n) is 6.62. The van der Waals surface area contributed by atoms with Gasteiger partial charge in [0.2, 0.25) is 5.91 Å². The number of nitrogens with one attached hydrogen (secondary N) is 1. The average Bonchev–Trinajstić information content (AvgIpc) is 3.23. The number of carbonyl (C=O) groups is 2. The Bertz CT molecular complexity index is 798. The lowest BCUT2D eigenvalue weighted by molar-refractivity contribution is -0.135. The van der Waals surface area contributed by atoms with Crippen LogP contribution in [0.1, 0.15) is 23.2 Å². The SMILES string of the molecule is Cl.O=C(c1cccc(-n2cnnn2)c1)N1CCCC(N2CCNCC2=O)C1. The molecule has 2 aromatic rings. The maximum atomic E-state index is 13.0. The predicted molar refractivity (Wildman–Crippen MR) is 99.9 cm³/mol. The molecule has 144 valence electrons. The molecule has 2 aliphatic heterocycles. The van der Waals surface area contributed by atoms with Gasteiger partial charge in [-0.05, 0) is 41.5 Å². The zero-order valence-electron chi connectivity index (χ0n) is 14.8. The van der Waals surface area contributed by atoms with Gasteiger partial charge in [-0.1, -0.05) is 6.07 Å². The van der Waals surface area contributed by atoms with Gasteiger partial charge in [-0.25, -0.2) is 4.68 Å². The van der Waals surface area contributed by atoms with Crippen molar-refractivity contribution in [2.45, 2.75) is 18.9 Å². The molecule has 0 radical (unpaired) electrons. The van der Waals surface area contributed by atoms with Crippen molar-refractivity contribution in [1.29, 1.82) is 0 Å². The Morgan fingerprint density at radius 1 is 1.26 bits per heavy atom. The molecule has 3 heterocycles. The Morgan fingerprint density at radius 3 is 2.93 bits per heavy atom. The second-order valence-corrected chi connectivity index (χ2v) is 6.62. The Balaban J connectivity index is 0.00000210. The third-order valence-corrected chi connectivity index (χ3v) is 4.96. The number of tetrazole rings is 1. The number of halogens is 1. The summed E-state index contributed by atoms with van der Waals surface area (Å²) in [5, 5.41) is 14.2. The van der Waals surface area contributed by atoms with Gasteiger partial charge in [0, 0.05) is 37.8 Å². The van der Waals surface area contributed by atoms with E-state index in [-0.39, 0.29) is 30.3 Å². The van der Waals surface area contributed by atoms with Crippen molar-refractivity contribution in [3.8, 4) is 5.69 Å². The molecule has 1 N–H and O–H groups in total. The fourth-order valence-corrected chi connectivity index (χ4v) is 3.64.